The largest absolute Gasteiger partial charge is 0.104 e. The van der Waals surface area contributed by atoms with E-state index in [4.69, 9.17) is 0 Å². The van der Waals surface area contributed by atoms with Crippen molar-refractivity contribution in [3.63, 3.8) is 0 Å². The van der Waals surface area contributed by atoms with Gasteiger partial charge < -0.3 is 0 Å². The van der Waals surface area contributed by atoms with Gasteiger partial charge in [0, 0.05) is 0 Å². The fourth-order valence-electron chi connectivity index (χ4n) is 2.39. The summed E-state index contributed by atoms with van der Waals surface area (Å²) in [4.78, 5) is 0. The molecule has 2 atom stereocenters. The van der Waals surface area contributed by atoms with Crippen molar-refractivity contribution in [2.75, 3.05) is 12.3 Å². The second-order valence-electron chi connectivity index (χ2n) is 4.30. The summed E-state index contributed by atoms with van der Waals surface area (Å²) in [6.45, 7) is 4.69. The third-order valence-corrected chi connectivity index (χ3v) is 6.71. The van der Waals surface area contributed by atoms with Crippen molar-refractivity contribution in [2.24, 2.45) is 0 Å². The van der Waals surface area contributed by atoms with E-state index in [1.54, 1.807) is 18.7 Å². The van der Waals surface area contributed by atoms with Crippen LogP contribution in [0.4, 0.5) is 0 Å². The van der Waals surface area contributed by atoms with Gasteiger partial charge in [-0.05, 0) is 43.7 Å². The maximum Gasteiger partial charge on any atom is -0.0212 e. The summed E-state index contributed by atoms with van der Waals surface area (Å²) in [6.07, 6.45) is 13.6. The maximum absolute atomic E-state index is 2.39. The number of rotatable bonds is 6. The van der Waals surface area contributed by atoms with Gasteiger partial charge in [0.25, 0.3) is 0 Å². The van der Waals surface area contributed by atoms with Gasteiger partial charge in [-0.15, -0.1) is 7.92 Å². The van der Waals surface area contributed by atoms with Crippen molar-refractivity contribution >= 4 is 7.92 Å². The van der Waals surface area contributed by atoms with Crippen LogP contribution in [0.25, 0.3) is 0 Å². The minimum atomic E-state index is 0.475. The molecule has 2 unspecified atom stereocenters. The van der Waals surface area contributed by atoms with E-state index in [1.165, 1.54) is 38.5 Å². The first-order valence-corrected chi connectivity index (χ1v) is 7.90. The molecule has 0 N–H and O–H groups in total. The molecular formula is C12H25P. The summed E-state index contributed by atoms with van der Waals surface area (Å²) < 4.78 is 0. The van der Waals surface area contributed by atoms with Gasteiger partial charge in [0.1, 0.15) is 0 Å². The Kier molecular flexibility index (Phi) is 6.04. The fourth-order valence-corrected chi connectivity index (χ4v) is 5.63. The van der Waals surface area contributed by atoms with E-state index < -0.39 is 0 Å². The molecule has 0 bridgehead atoms. The van der Waals surface area contributed by atoms with Gasteiger partial charge in [-0.3, -0.25) is 0 Å². The molecule has 1 aliphatic heterocycles. The standard InChI is InChI=1S/C12H25P/c1-3-5-6-7-10-13-11-8-9-12(13)4-2/h12H,3-11H2,1-2H3. The highest BCUT2D eigenvalue weighted by atomic mass is 31.1. The van der Waals surface area contributed by atoms with Crippen LogP contribution in [0, 0.1) is 0 Å². The summed E-state index contributed by atoms with van der Waals surface area (Å²) in [7, 11) is 0.475. The predicted octanol–water partition coefficient (Wildman–Crippen LogP) is 4.62. The second kappa shape index (κ2) is 6.82. The van der Waals surface area contributed by atoms with Gasteiger partial charge >= 0.3 is 0 Å². The molecule has 0 saturated carbocycles. The van der Waals surface area contributed by atoms with Crippen molar-refractivity contribution < 1.29 is 0 Å². The summed E-state index contributed by atoms with van der Waals surface area (Å²) in [5.41, 5.74) is 1.15. The third-order valence-electron chi connectivity index (χ3n) is 3.27. The SMILES string of the molecule is CCCCCCP1CCCC1CC. The Labute approximate surface area is 85.2 Å². The molecule has 1 aliphatic rings. The van der Waals surface area contributed by atoms with Gasteiger partial charge in [-0.25, -0.2) is 0 Å². The Morgan fingerprint density at radius 1 is 1.15 bits per heavy atom. The lowest BCUT2D eigenvalue weighted by Crippen LogP contribution is -1.99. The Morgan fingerprint density at radius 3 is 2.69 bits per heavy atom. The monoisotopic (exact) mass is 200 g/mol. The Balaban J connectivity index is 2.06. The fraction of sp³-hybridized carbons (Fsp3) is 1.00. The second-order valence-corrected chi connectivity index (χ2v) is 7.10. The first-order chi connectivity index (χ1) is 6.38. The van der Waals surface area contributed by atoms with Crippen molar-refractivity contribution in [1.29, 1.82) is 0 Å². The van der Waals surface area contributed by atoms with Crippen LogP contribution >= 0.6 is 7.92 Å². The van der Waals surface area contributed by atoms with Crippen LogP contribution < -0.4 is 0 Å². The zero-order valence-corrected chi connectivity index (χ0v) is 10.3. The van der Waals surface area contributed by atoms with E-state index in [1.807, 2.05) is 0 Å². The van der Waals surface area contributed by atoms with Crippen LogP contribution in [-0.4, -0.2) is 18.0 Å². The Morgan fingerprint density at radius 2 is 2.00 bits per heavy atom. The molecule has 1 heterocycles. The van der Waals surface area contributed by atoms with Crippen LogP contribution in [0.3, 0.4) is 0 Å². The molecule has 0 radical (unpaired) electrons. The zero-order valence-electron chi connectivity index (χ0n) is 9.39. The lowest BCUT2D eigenvalue weighted by Gasteiger charge is -2.18. The minimum Gasteiger partial charge on any atom is -0.104 e. The van der Waals surface area contributed by atoms with Crippen molar-refractivity contribution in [3.05, 3.63) is 0 Å². The molecule has 13 heavy (non-hydrogen) atoms. The quantitative estimate of drug-likeness (QED) is 0.433. The first kappa shape index (κ1) is 11.5. The molecule has 0 nitrogen and oxygen atoms in total. The summed E-state index contributed by atoms with van der Waals surface area (Å²) in [5.74, 6) is 0. The minimum absolute atomic E-state index is 0.475. The average Bonchev–Trinajstić information content (AvgIpc) is 2.60. The molecule has 1 heteroatoms. The van der Waals surface area contributed by atoms with Gasteiger partial charge in [0.15, 0.2) is 0 Å². The van der Waals surface area contributed by atoms with Gasteiger partial charge in [0.2, 0.25) is 0 Å². The lowest BCUT2D eigenvalue weighted by molar-refractivity contribution is 0.701. The van der Waals surface area contributed by atoms with Crippen molar-refractivity contribution in [2.45, 2.75) is 64.5 Å². The van der Waals surface area contributed by atoms with E-state index in [0.29, 0.717) is 7.92 Å². The van der Waals surface area contributed by atoms with E-state index in [9.17, 15) is 0 Å². The molecule has 1 fully saturated rings. The normalized spacial score (nSPS) is 28.2. The summed E-state index contributed by atoms with van der Waals surface area (Å²) in [6, 6.07) is 0. The maximum atomic E-state index is 2.39. The molecule has 0 aliphatic carbocycles. The van der Waals surface area contributed by atoms with E-state index in [0.717, 1.165) is 5.66 Å². The zero-order chi connectivity index (χ0) is 9.52. The molecule has 0 amide bonds. The highest BCUT2D eigenvalue weighted by Crippen LogP contribution is 2.51. The Hall–Kier alpha value is 0.430. The highest BCUT2D eigenvalue weighted by molar-refractivity contribution is 7.58. The average molecular weight is 200 g/mol. The van der Waals surface area contributed by atoms with Gasteiger partial charge in [-0.1, -0.05) is 33.1 Å². The highest BCUT2D eigenvalue weighted by Gasteiger charge is 2.23. The predicted molar refractivity (Wildman–Crippen MR) is 64.1 cm³/mol. The van der Waals surface area contributed by atoms with E-state index >= 15 is 0 Å². The summed E-state index contributed by atoms with van der Waals surface area (Å²) in [5, 5.41) is 0. The van der Waals surface area contributed by atoms with Gasteiger partial charge in [0.05, 0.1) is 0 Å². The molecule has 0 aromatic rings. The lowest BCUT2D eigenvalue weighted by atomic mass is 10.2. The first-order valence-electron chi connectivity index (χ1n) is 6.12. The molecule has 1 saturated heterocycles. The topological polar surface area (TPSA) is 0 Å². The smallest absolute Gasteiger partial charge is 0.0212 e. The van der Waals surface area contributed by atoms with Gasteiger partial charge in [-0.2, -0.15) is 0 Å². The molecule has 78 valence electrons. The Bertz CT molecular complexity index is 122. The molecule has 0 aromatic carbocycles. The molecule has 0 spiro atoms. The van der Waals surface area contributed by atoms with Crippen LogP contribution in [-0.2, 0) is 0 Å². The molecule has 1 rings (SSSR count). The van der Waals surface area contributed by atoms with Crippen LogP contribution in [0.2, 0.25) is 0 Å². The van der Waals surface area contributed by atoms with E-state index in [2.05, 4.69) is 13.8 Å². The van der Waals surface area contributed by atoms with E-state index in [-0.39, 0.29) is 0 Å². The third kappa shape index (κ3) is 3.98. The summed E-state index contributed by atoms with van der Waals surface area (Å²) >= 11 is 0. The number of unbranched alkanes of at least 4 members (excludes halogenated alkanes) is 3. The number of hydrogen-bond acceptors (Lipinski definition) is 0. The number of hydrogen-bond donors (Lipinski definition) is 0. The molecule has 0 aromatic heterocycles. The van der Waals surface area contributed by atoms with Crippen LogP contribution in [0.15, 0.2) is 0 Å². The van der Waals surface area contributed by atoms with Crippen molar-refractivity contribution in [1.82, 2.24) is 0 Å². The van der Waals surface area contributed by atoms with Crippen LogP contribution in [0.1, 0.15) is 58.8 Å². The van der Waals surface area contributed by atoms with Crippen LogP contribution in [0.5, 0.6) is 0 Å². The molecular weight excluding hydrogens is 175 g/mol. The van der Waals surface area contributed by atoms with Crippen molar-refractivity contribution in [3.8, 4) is 0 Å².